The number of halogens is 1. The Labute approximate surface area is 144 Å². The molecule has 4 heteroatoms. The van der Waals surface area contributed by atoms with E-state index in [-0.39, 0.29) is 24.4 Å². The van der Waals surface area contributed by atoms with E-state index in [1.807, 2.05) is 37.3 Å². The fourth-order valence-electron chi connectivity index (χ4n) is 2.39. The lowest BCUT2D eigenvalue weighted by Crippen LogP contribution is -2.49. The van der Waals surface area contributed by atoms with Crippen LogP contribution in [0.1, 0.15) is 43.5 Å². The molecule has 0 aliphatic heterocycles. The second-order valence-electron chi connectivity index (χ2n) is 5.86. The summed E-state index contributed by atoms with van der Waals surface area (Å²) in [6.07, 6.45) is 1.01. The maximum absolute atomic E-state index is 12.5. The highest BCUT2D eigenvalue weighted by Gasteiger charge is 2.31. The highest BCUT2D eigenvalue weighted by Crippen LogP contribution is 2.20. The lowest BCUT2D eigenvalue weighted by molar-refractivity contribution is -0.126. The molecule has 2 aromatic carbocycles. The minimum Gasteiger partial charge on any atom is -0.348 e. The zero-order valence-electron chi connectivity index (χ0n) is 13.9. The van der Waals surface area contributed by atoms with Gasteiger partial charge in [0.25, 0.3) is 0 Å². The van der Waals surface area contributed by atoms with Crippen LogP contribution in [-0.4, -0.2) is 5.91 Å². The molecule has 124 valence electrons. The van der Waals surface area contributed by atoms with Crippen LogP contribution in [0.4, 0.5) is 0 Å². The van der Waals surface area contributed by atoms with Gasteiger partial charge in [-0.25, -0.2) is 0 Å². The Kier molecular flexibility index (Phi) is 6.79. The molecule has 0 aromatic heterocycles. The molecule has 2 atom stereocenters. The third-order valence-corrected chi connectivity index (χ3v) is 4.08. The highest BCUT2D eigenvalue weighted by atomic mass is 35.5. The van der Waals surface area contributed by atoms with Crippen LogP contribution >= 0.6 is 12.4 Å². The van der Waals surface area contributed by atoms with Crippen molar-refractivity contribution in [2.24, 2.45) is 5.73 Å². The summed E-state index contributed by atoms with van der Waals surface area (Å²) >= 11 is 0. The SMILES string of the molecule is CCc1ccc(C(C)NC(=O)C(C)(N)c2ccccc2)cc1.Cl. The number of nitrogens with two attached hydrogens (primary N) is 1. The van der Waals surface area contributed by atoms with Crippen LogP contribution in [0.15, 0.2) is 54.6 Å². The van der Waals surface area contributed by atoms with Gasteiger partial charge in [-0.15, -0.1) is 12.4 Å². The Morgan fingerprint density at radius 1 is 1.13 bits per heavy atom. The number of hydrogen-bond acceptors (Lipinski definition) is 2. The molecular weight excluding hydrogens is 308 g/mol. The zero-order valence-corrected chi connectivity index (χ0v) is 14.7. The number of nitrogens with one attached hydrogen (secondary N) is 1. The Balaban J connectivity index is 0.00000264. The topological polar surface area (TPSA) is 55.1 Å². The first-order valence-corrected chi connectivity index (χ1v) is 7.69. The summed E-state index contributed by atoms with van der Waals surface area (Å²) in [5.41, 5.74) is 8.37. The molecule has 0 fully saturated rings. The van der Waals surface area contributed by atoms with Crippen molar-refractivity contribution in [1.29, 1.82) is 0 Å². The van der Waals surface area contributed by atoms with Gasteiger partial charge in [0.1, 0.15) is 5.54 Å². The molecule has 0 spiro atoms. The fraction of sp³-hybridized carbons (Fsp3) is 0.316. The average molecular weight is 333 g/mol. The van der Waals surface area contributed by atoms with Crippen molar-refractivity contribution >= 4 is 18.3 Å². The van der Waals surface area contributed by atoms with Crippen LogP contribution < -0.4 is 11.1 Å². The molecule has 0 saturated heterocycles. The smallest absolute Gasteiger partial charge is 0.244 e. The first-order valence-electron chi connectivity index (χ1n) is 7.69. The number of carbonyl (C=O) groups excluding carboxylic acids is 1. The number of rotatable bonds is 5. The maximum atomic E-state index is 12.5. The summed E-state index contributed by atoms with van der Waals surface area (Å²) < 4.78 is 0. The predicted octanol–water partition coefficient (Wildman–Crippen LogP) is 3.72. The number of benzene rings is 2. The zero-order chi connectivity index (χ0) is 16.2. The molecule has 23 heavy (non-hydrogen) atoms. The van der Waals surface area contributed by atoms with Gasteiger partial charge in [0, 0.05) is 0 Å². The van der Waals surface area contributed by atoms with Crippen LogP contribution in [0.25, 0.3) is 0 Å². The van der Waals surface area contributed by atoms with E-state index in [1.54, 1.807) is 6.92 Å². The van der Waals surface area contributed by atoms with Gasteiger partial charge in [-0.05, 0) is 37.0 Å². The average Bonchev–Trinajstić information content (AvgIpc) is 2.55. The van der Waals surface area contributed by atoms with Gasteiger partial charge in [0.2, 0.25) is 5.91 Å². The standard InChI is InChI=1S/C19H24N2O.ClH/c1-4-15-10-12-16(13-11-15)14(2)21-18(22)19(3,20)17-8-6-5-7-9-17;/h5-14H,4,20H2,1-3H3,(H,21,22);1H. The summed E-state index contributed by atoms with van der Waals surface area (Å²) in [5.74, 6) is -0.175. The summed E-state index contributed by atoms with van der Waals surface area (Å²) in [6, 6.07) is 17.7. The minimum atomic E-state index is -1.04. The van der Waals surface area contributed by atoms with E-state index in [0.29, 0.717) is 0 Å². The fourth-order valence-corrected chi connectivity index (χ4v) is 2.39. The van der Waals surface area contributed by atoms with Gasteiger partial charge >= 0.3 is 0 Å². The summed E-state index contributed by atoms with van der Waals surface area (Å²) in [4.78, 5) is 12.5. The second kappa shape index (κ2) is 8.14. The second-order valence-corrected chi connectivity index (χ2v) is 5.86. The number of aryl methyl sites for hydroxylation is 1. The molecular formula is C19H25ClN2O. The number of amides is 1. The highest BCUT2D eigenvalue weighted by molar-refractivity contribution is 5.87. The summed E-state index contributed by atoms with van der Waals surface area (Å²) in [7, 11) is 0. The Bertz CT molecular complexity index is 624. The molecule has 3 nitrogen and oxygen atoms in total. The van der Waals surface area contributed by atoms with Gasteiger partial charge in [-0.2, -0.15) is 0 Å². The van der Waals surface area contributed by atoms with E-state index in [0.717, 1.165) is 17.5 Å². The van der Waals surface area contributed by atoms with Crippen LogP contribution in [-0.2, 0) is 16.8 Å². The Morgan fingerprint density at radius 2 is 1.70 bits per heavy atom. The predicted molar refractivity (Wildman–Crippen MR) is 97.6 cm³/mol. The Morgan fingerprint density at radius 3 is 2.22 bits per heavy atom. The molecule has 3 N–H and O–H groups in total. The first kappa shape index (κ1) is 19.2. The monoisotopic (exact) mass is 332 g/mol. The Hall–Kier alpha value is -1.84. The van der Waals surface area contributed by atoms with Gasteiger partial charge in [-0.1, -0.05) is 61.5 Å². The van der Waals surface area contributed by atoms with Crippen molar-refractivity contribution in [3.63, 3.8) is 0 Å². The molecule has 0 aliphatic rings. The van der Waals surface area contributed by atoms with Crippen LogP contribution in [0.3, 0.4) is 0 Å². The van der Waals surface area contributed by atoms with Gasteiger partial charge < -0.3 is 11.1 Å². The molecule has 1 amide bonds. The van der Waals surface area contributed by atoms with Crippen molar-refractivity contribution in [2.75, 3.05) is 0 Å². The third kappa shape index (κ3) is 4.57. The van der Waals surface area contributed by atoms with Crippen molar-refractivity contribution in [2.45, 2.75) is 38.8 Å². The van der Waals surface area contributed by atoms with E-state index in [2.05, 4.69) is 36.5 Å². The molecule has 2 aromatic rings. The lowest BCUT2D eigenvalue weighted by atomic mass is 9.91. The normalized spacial score (nSPS) is 14.3. The van der Waals surface area contributed by atoms with E-state index >= 15 is 0 Å². The summed E-state index contributed by atoms with van der Waals surface area (Å²) in [6.45, 7) is 5.84. The van der Waals surface area contributed by atoms with Gasteiger partial charge in [0.15, 0.2) is 0 Å². The van der Waals surface area contributed by atoms with E-state index in [4.69, 9.17) is 5.73 Å². The number of hydrogen-bond donors (Lipinski definition) is 2. The minimum absolute atomic E-state index is 0. The quantitative estimate of drug-likeness (QED) is 0.876. The third-order valence-electron chi connectivity index (χ3n) is 4.08. The van der Waals surface area contributed by atoms with E-state index < -0.39 is 5.54 Å². The molecule has 0 heterocycles. The maximum Gasteiger partial charge on any atom is 0.244 e. The van der Waals surface area contributed by atoms with Crippen LogP contribution in [0.2, 0.25) is 0 Å². The molecule has 0 radical (unpaired) electrons. The van der Waals surface area contributed by atoms with Crippen molar-refractivity contribution < 1.29 is 4.79 Å². The van der Waals surface area contributed by atoms with E-state index in [1.165, 1.54) is 5.56 Å². The molecule has 0 bridgehead atoms. The van der Waals surface area contributed by atoms with Gasteiger partial charge in [-0.3, -0.25) is 4.79 Å². The largest absolute Gasteiger partial charge is 0.348 e. The number of carbonyl (C=O) groups is 1. The van der Waals surface area contributed by atoms with Crippen LogP contribution in [0.5, 0.6) is 0 Å². The molecule has 2 rings (SSSR count). The van der Waals surface area contributed by atoms with Crippen molar-refractivity contribution in [3.05, 3.63) is 71.3 Å². The van der Waals surface area contributed by atoms with Crippen molar-refractivity contribution in [1.82, 2.24) is 5.32 Å². The first-order chi connectivity index (χ1) is 10.4. The van der Waals surface area contributed by atoms with Crippen LogP contribution in [0, 0.1) is 0 Å². The van der Waals surface area contributed by atoms with Gasteiger partial charge in [0.05, 0.1) is 6.04 Å². The van der Waals surface area contributed by atoms with Crippen molar-refractivity contribution in [3.8, 4) is 0 Å². The molecule has 0 aliphatic carbocycles. The van der Waals surface area contributed by atoms with E-state index in [9.17, 15) is 4.79 Å². The summed E-state index contributed by atoms with van der Waals surface area (Å²) in [5, 5.41) is 3.01. The molecule has 2 unspecified atom stereocenters. The molecule has 0 saturated carbocycles. The lowest BCUT2D eigenvalue weighted by Gasteiger charge is -2.26.